The Balaban J connectivity index is 1.43. The van der Waals surface area contributed by atoms with Crippen molar-refractivity contribution in [2.75, 3.05) is 36.5 Å². The molecule has 3 aromatic rings. The molecule has 0 spiro atoms. The van der Waals surface area contributed by atoms with Gasteiger partial charge in [0.2, 0.25) is 0 Å². The van der Waals surface area contributed by atoms with Crippen LogP contribution in [0.4, 0.5) is 10.8 Å². The van der Waals surface area contributed by atoms with Crippen molar-refractivity contribution in [1.29, 1.82) is 0 Å². The molecule has 8 heteroatoms. The number of anilines is 2. The van der Waals surface area contributed by atoms with Crippen LogP contribution in [-0.2, 0) is 4.74 Å². The van der Waals surface area contributed by atoms with Gasteiger partial charge in [-0.2, -0.15) is 0 Å². The van der Waals surface area contributed by atoms with E-state index in [1.807, 2.05) is 25.1 Å². The number of morpholine rings is 1. The highest BCUT2D eigenvalue weighted by Gasteiger charge is 2.14. The smallest absolute Gasteiger partial charge is 0.257 e. The third-order valence-corrected chi connectivity index (χ3v) is 5.65. The van der Waals surface area contributed by atoms with Crippen LogP contribution in [0.3, 0.4) is 0 Å². The number of nitrogens with zero attached hydrogens (tertiary/aromatic N) is 2. The lowest BCUT2D eigenvalue weighted by Gasteiger charge is -2.28. The second kappa shape index (κ2) is 8.22. The SMILES string of the molecule is Cc1ccc(C(=O)NC(=S)Nc2nc3ccc(N4CCOCC4)cc3s2)cc1. The standard InChI is InChI=1S/C20H20N4O2S2/c1-13-2-4-14(5-3-13)18(25)22-19(27)23-20-21-16-7-6-15(12-17(16)28-20)24-8-10-26-11-9-24/h2-7,12H,8-11H2,1H3,(H2,21,22,23,25,27). The quantitative estimate of drug-likeness (QED) is 0.641. The average molecular weight is 413 g/mol. The van der Waals surface area contributed by atoms with E-state index in [1.54, 1.807) is 12.1 Å². The fourth-order valence-electron chi connectivity index (χ4n) is 2.99. The van der Waals surface area contributed by atoms with Crippen molar-refractivity contribution in [3.63, 3.8) is 0 Å². The molecule has 2 N–H and O–H groups in total. The first-order valence-corrected chi connectivity index (χ1v) is 10.2. The van der Waals surface area contributed by atoms with Gasteiger partial charge in [-0.25, -0.2) is 4.98 Å². The molecule has 2 heterocycles. The maximum atomic E-state index is 12.3. The number of amides is 1. The number of thiocarbonyl (C=S) groups is 1. The van der Waals surface area contributed by atoms with Crippen LogP contribution in [0.15, 0.2) is 42.5 Å². The maximum Gasteiger partial charge on any atom is 0.257 e. The van der Waals surface area contributed by atoms with Gasteiger partial charge < -0.3 is 15.0 Å². The van der Waals surface area contributed by atoms with Crippen LogP contribution >= 0.6 is 23.6 Å². The summed E-state index contributed by atoms with van der Waals surface area (Å²) in [6.45, 7) is 5.27. The van der Waals surface area contributed by atoms with E-state index in [9.17, 15) is 4.79 Å². The zero-order valence-electron chi connectivity index (χ0n) is 15.4. The first-order chi connectivity index (χ1) is 13.6. The number of ether oxygens (including phenoxy) is 1. The summed E-state index contributed by atoms with van der Waals surface area (Å²) >= 11 is 6.78. The van der Waals surface area contributed by atoms with Gasteiger partial charge in [0.25, 0.3) is 5.91 Å². The first kappa shape index (κ1) is 18.8. The minimum absolute atomic E-state index is 0.234. The molecule has 1 amide bonds. The molecule has 0 aliphatic carbocycles. The largest absolute Gasteiger partial charge is 0.378 e. The molecule has 0 radical (unpaired) electrons. The normalized spacial score (nSPS) is 14.1. The third-order valence-electron chi connectivity index (χ3n) is 4.51. The zero-order chi connectivity index (χ0) is 19.5. The molecule has 1 fully saturated rings. The van der Waals surface area contributed by atoms with Crippen LogP contribution in [0, 0.1) is 6.92 Å². The Morgan fingerprint density at radius 2 is 1.93 bits per heavy atom. The van der Waals surface area contributed by atoms with Gasteiger partial charge in [-0.05, 0) is 49.5 Å². The Bertz CT molecular complexity index is 1010. The van der Waals surface area contributed by atoms with Gasteiger partial charge in [0.1, 0.15) is 0 Å². The van der Waals surface area contributed by atoms with E-state index in [-0.39, 0.29) is 11.0 Å². The summed E-state index contributed by atoms with van der Waals surface area (Å²) in [6.07, 6.45) is 0. The van der Waals surface area contributed by atoms with Crippen LogP contribution in [0.5, 0.6) is 0 Å². The molecule has 0 saturated carbocycles. The average Bonchev–Trinajstić information content (AvgIpc) is 3.10. The Labute approximate surface area is 172 Å². The fraction of sp³-hybridized carbons (Fsp3) is 0.250. The van der Waals surface area contributed by atoms with Crippen molar-refractivity contribution in [1.82, 2.24) is 10.3 Å². The number of carbonyl (C=O) groups excluding carboxylic acids is 1. The monoisotopic (exact) mass is 412 g/mol. The van der Waals surface area contributed by atoms with Crippen molar-refractivity contribution in [2.24, 2.45) is 0 Å². The van der Waals surface area contributed by atoms with Crippen LogP contribution in [0.25, 0.3) is 10.2 Å². The van der Waals surface area contributed by atoms with Crippen molar-refractivity contribution < 1.29 is 9.53 Å². The molecule has 1 aliphatic rings. The second-order valence-corrected chi connectivity index (χ2v) is 7.98. The van der Waals surface area contributed by atoms with E-state index in [0.717, 1.165) is 42.1 Å². The van der Waals surface area contributed by atoms with Gasteiger partial charge in [-0.15, -0.1) is 0 Å². The van der Waals surface area contributed by atoms with Crippen LogP contribution in [-0.4, -0.2) is 42.3 Å². The summed E-state index contributed by atoms with van der Waals surface area (Å²) in [7, 11) is 0. The molecule has 1 saturated heterocycles. The molecule has 2 aromatic carbocycles. The molecule has 4 rings (SSSR count). The van der Waals surface area contributed by atoms with Gasteiger partial charge in [-0.3, -0.25) is 10.1 Å². The number of fused-ring (bicyclic) bond motifs is 1. The highest BCUT2D eigenvalue weighted by molar-refractivity contribution is 7.80. The van der Waals surface area contributed by atoms with E-state index < -0.39 is 0 Å². The Morgan fingerprint density at radius 1 is 1.18 bits per heavy atom. The number of thiazole rings is 1. The lowest BCUT2D eigenvalue weighted by Crippen LogP contribution is -2.36. The molecule has 1 aliphatic heterocycles. The maximum absolute atomic E-state index is 12.3. The molecule has 1 aromatic heterocycles. The first-order valence-electron chi connectivity index (χ1n) is 9.01. The van der Waals surface area contributed by atoms with Crippen molar-refractivity contribution in [3.8, 4) is 0 Å². The van der Waals surface area contributed by atoms with Gasteiger partial charge in [-0.1, -0.05) is 29.0 Å². The van der Waals surface area contributed by atoms with E-state index in [2.05, 4.69) is 32.7 Å². The summed E-state index contributed by atoms with van der Waals surface area (Å²) < 4.78 is 6.48. The van der Waals surface area contributed by atoms with Crippen LogP contribution in [0.1, 0.15) is 15.9 Å². The molecule has 144 valence electrons. The molecular weight excluding hydrogens is 392 g/mol. The van der Waals surface area contributed by atoms with E-state index in [4.69, 9.17) is 17.0 Å². The molecule has 0 atom stereocenters. The molecule has 0 unspecified atom stereocenters. The number of aryl methyl sites for hydroxylation is 1. The van der Waals surface area contributed by atoms with E-state index >= 15 is 0 Å². The summed E-state index contributed by atoms with van der Waals surface area (Å²) in [4.78, 5) is 19.1. The van der Waals surface area contributed by atoms with Crippen molar-refractivity contribution >= 4 is 55.6 Å². The number of nitrogens with one attached hydrogen (secondary N) is 2. The highest BCUT2D eigenvalue weighted by Crippen LogP contribution is 2.30. The van der Waals surface area contributed by atoms with Gasteiger partial charge in [0.15, 0.2) is 10.2 Å². The number of hydrogen-bond donors (Lipinski definition) is 2. The predicted molar refractivity (Wildman–Crippen MR) is 118 cm³/mol. The summed E-state index contributed by atoms with van der Waals surface area (Å²) in [5, 5.41) is 6.60. The number of aromatic nitrogens is 1. The minimum Gasteiger partial charge on any atom is -0.378 e. The predicted octanol–water partition coefficient (Wildman–Crippen LogP) is 3.57. The van der Waals surface area contributed by atoms with Gasteiger partial charge >= 0.3 is 0 Å². The molecule has 6 nitrogen and oxygen atoms in total. The number of carbonyl (C=O) groups is 1. The summed E-state index contributed by atoms with van der Waals surface area (Å²) in [6, 6.07) is 13.6. The van der Waals surface area contributed by atoms with Gasteiger partial charge in [0.05, 0.1) is 23.4 Å². The Kier molecular flexibility index (Phi) is 5.52. The lowest BCUT2D eigenvalue weighted by molar-refractivity contribution is 0.0977. The van der Waals surface area contributed by atoms with Gasteiger partial charge in [0, 0.05) is 24.3 Å². The van der Waals surface area contributed by atoms with Crippen molar-refractivity contribution in [2.45, 2.75) is 6.92 Å². The molecule has 28 heavy (non-hydrogen) atoms. The molecule has 0 bridgehead atoms. The fourth-order valence-corrected chi connectivity index (χ4v) is 4.15. The zero-order valence-corrected chi connectivity index (χ0v) is 17.0. The van der Waals surface area contributed by atoms with Crippen LogP contribution in [0.2, 0.25) is 0 Å². The number of rotatable bonds is 3. The highest BCUT2D eigenvalue weighted by atomic mass is 32.1. The summed E-state index contributed by atoms with van der Waals surface area (Å²) in [5.41, 5.74) is 3.73. The van der Waals surface area contributed by atoms with Crippen LogP contribution < -0.4 is 15.5 Å². The minimum atomic E-state index is -0.242. The lowest BCUT2D eigenvalue weighted by atomic mass is 10.1. The topological polar surface area (TPSA) is 66.5 Å². The second-order valence-electron chi connectivity index (χ2n) is 6.54. The third kappa shape index (κ3) is 4.30. The van der Waals surface area contributed by atoms with E-state index in [1.165, 1.54) is 17.0 Å². The number of hydrogen-bond acceptors (Lipinski definition) is 6. The van der Waals surface area contributed by atoms with E-state index in [0.29, 0.717) is 10.7 Å². The summed E-state index contributed by atoms with van der Waals surface area (Å²) in [5.74, 6) is -0.242. The van der Waals surface area contributed by atoms with Crippen molar-refractivity contribution in [3.05, 3.63) is 53.6 Å². The Morgan fingerprint density at radius 3 is 2.68 bits per heavy atom. The Hall–Kier alpha value is -2.55. The number of benzene rings is 2. The molecular formula is C20H20N4O2S2.